The van der Waals surface area contributed by atoms with Gasteiger partial charge in [-0.25, -0.2) is 0 Å². The summed E-state index contributed by atoms with van der Waals surface area (Å²) in [6, 6.07) is 5.58. The van der Waals surface area contributed by atoms with Crippen molar-refractivity contribution in [2.24, 2.45) is 7.05 Å². The number of amides is 1. The lowest BCUT2D eigenvalue weighted by molar-refractivity contribution is -0.111. The van der Waals surface area contributed by atoms with Crippen molar-refractivity contribution < 1.29 is 4.79 Å². The van der Waals surface area contributed by atoms with E-state index in [4.69, 9.17) is 11.6 Å². The molecule has 0 radical (unpaired) electrons. The molecule has 10 heteroatoms. The minimum Gasteiger partial charge on any atom is -0.323 e. The summed E-state index contributed by atoms with van der Waals surface area (Å²) in [5.74, 6) is 0.479. The zero-order chi connectivity index (χ0) is 21.4. The van der Waals surface area contributed by atoms with Crippen molar-refractivity contribution >= 4 is 45.7 Å². The number of halogens is 1. The Hall–Kier alpha value is -3.72. The minimum atomic E-state index is -0.268. The Bertz CT molecular complexity index is 1290. The molecule has 2 N–H and O–H groups in total. The van der Waals surface area contributed by atoms with Crippen molar-refractivity contribution in [3.8, 4) is 5.82 Å². The van der Waals surface area contributed by atoms with Gasteiger partial charge in [-0.05, 0) is 43.7 Å². The number of hydrogen-bond donors (Lipinski definition) is 2. The first-order valence-corrected chi connectivity index (χ1v) is 9.46. The van der Waals surface area contributed by atoms with Crippen molar-refractivity contribution in [3.63, 3.8) is 0 Å². The van der Waals surface area contributed by atoms with Crippen LogP contribution in [0.3, 0.4) is 0 Å². The number of benzene rings is 1. The van der Waals surface area contributed by atoms with E-state index in [1.165, 1.54) is 6.08 Å². The number of nitrogens with zero attached hydrogens (tertiary/aromatic N) is 6. The zero-order valence-corrected chi connectivity index (χ0v) is 17.4. The zero-order valence-electron chi connectivity index (χ0n) is 16.6. The second-order valence-electron chi connectivity index (χ2n) is 6.78. The Morgan fingerprint density at radius 2 is 2.03 bits per heavy atom. The molecule has 4 rings (SSSR count). The first kappa shape index (κ1) is 19.6. The van der Waals surface area contributed by atoms with E-state index in [1.807, 2.05) is 50.0 Å². The number of carbonyl (C=O) groups excluding carboxylic acids is 1. The summed E-state index contributed by atoms with van der Waals surface area (Å²) in [5.41, 5.74) is 4.13. The van der Waals surface area contributed by atoms with E-state index in [2.05, 4.69) is 37.5 Å². The molecule has 0 saturated carbocycles. The van der Waals surface area contributed by atoms with Crippen molar-refractivity contribution in [1.29, 1.82) is 0 Å². The van der Waals surface area contributed by atoms with Gasteiger partial charge < -0.3 is 10.6 Å². The predicted octanol–water partition coefficient (Wildman–Crippen LogP) is 3.69. The molecule has 30 heavy (non-hydrogen) atoms. The Balaban J connectivity index is 1.75. The van der Waals surface area contributed by atoms with Crippen molar-refractivity contribution in [1.82, 2.24) is 29.5 Å². The lowest BCUT2D eigenvalue weighted by Gasteiger charge is -2.09. The quantitative estimate of drug-likeness (QED) is 0.475. The summed E-state index contributed by atoms with van der Waals surface area (Å²) >= 11 is 6.33. The Morgan fingerprint density at radius 1 is 1.23 bits per heavy atom. The van der Waals surface area contributed by atoms with Crippen LogP contribution in [0, 0.1) is 13.8 Å². The standard InChI is InChI=1S/C20H19ClN8O/c1-5-17(30)22-13-6-7-16-14(8-13)11(2)9-29(16)19-18(21)25-26-20(24-19)23-15-10-28(4)27-12(15)3/h5-10H,1H2,2-4H3,(H,22,30)(H,23,24,26). The fraction of sp³-hybridized carbons (Fsp3) is 0.150. The van der Waals surface area contributed by atoms with Crippen LogP contribution < -0.4 is 10.6 Å². The van der Waals surface area contributed by atoms with E-state index in [0.29, 0.717) is 17.5 Å². The number of anilines is 3. The molecule has 0 atom stereocenters. The largest absolute Gasteiger partial charge is 0.323 e. The van der Waals surface area contributed by atoms with Crippen LogP contribution in [0.15, 0.2) is 43.2 Å². The minimum absolute atomic E-state index is 0.171. The number of aromatic nitrogens is 6. The maximum absolute atomic E-state index is 11.6. The van der Waals surface area contributed by atoms with Gasteiger partial charge in [0.2, 0.25) is 11.9 Å². The van der Waals surface area contributed by atoms with Crippen molar-refractivity contribution in [2.45, 2.75) is 13.8 Å². The topological polar surface area (TPSA) is 103 Å². The van der Waals surface area contributed by atoms with Crippen LogP contribution in [-0.4, -0.2) is 35.4 Å². The highest BCUT2D eigenvalue weighted by molar-refractivity contribution is 6.31. The lowest BCUT2D eigenvalue weighted by Crippen LogP contribution is -2.07. The number of nitrogens with one attached hydrogen (secondary N) is 2. The summed E-state index contributed by atoms with van der Waals surface area (Å²) in [5, 5.41) is 19.4. The summed E-state index contributed by atoms with van der Waals surface area (Å²) in [7, 11) is 1.84. The second-order valence-corrected chi connectivity index (χ2v) is 7.14. The molecule has 0 fully saturated rings. The Kier molecular flexibility index (Phi) is 4.96. The normalized spacial score (nSPS) is 10.9. The van der Waals surface area contributed by atoms with E-state index in [0.717, 1.165) is 27.8 Å². The number of rotatable bonds is 5. The maximum atomic E-state index is 11.6. The van der Waals surface area contributed by atoms with E-state index in [-0.39, 0.29) is 11.1 Å². The first-order chi connectivity index (χ1) is 14.4. The SMILES string of the molecule is C=CC(=O)Nc1ccc2c(c1)c(C)cn2-c1nc(Nc2cn(C)nc2C)nnc1Cl. The van der Waals surface area contributed by atoms with Gasteiger partial charge in [0, 0.05) is 30.5 Å². The Morgan fingerprint density at radius 3 is 2.73 bits per heavy atom. The molecular formula is C20H19ClN8O. The van der Waals surface area contributed by atoms with Gasteiger partial charge in [-0.1, -0.05) is 18.2 Å². The van der Waals surface area contributed by atoms with Gasteiger partial charge in [-0.15, -0.1) is 10.2 Å². The molecule has 3 heterocycles. The molecule has 0 unspecified atom stereocenters. The van der Waals surface area contributed by atoms with Gasteiger partial charge in [0.15, 0.2) is 11.0 Å². The molecule has 0 saturated heterocycles. The molecule has 1 aromatic carbocycles. The maximum Gasteiger partial charge on any atom is 0.249 e. The lowest BCUT2D eigenvalue weighted by atomic mass is 10.2. The van der Waals surface area contributed by atoms with Gasteiger partial charge in [-0.2, -0.15) is 10.1 Å². The monoisotopic (exact) mass is 422 g/mol. The third kappa shape index (κ3) is 3.62. The molecule has 3 aromatic heterocycles. The molecule has 0 aliphatic carbocycles. The van der Waals surface area contributed by atoms with Gasteiger partial charge in [0.25, 0.3) is 0 Å². The molecule has 4 aromatic rings. The molecule has 9 nitrogen and oxygen atoms in total. The second kappa shape index (κ2) is 7.60. The van der Waals surface area contributed by atoms with Gasteiger partial charge in [0.05, 0.1) is 16.9 Å². The average Bonchev–Trinajstić information content (AvgIpc) is 3.21. The number of hydrogen-bond acceptors (Lipinski definition) is 6. The van der Waals surface area contributed by atoms with Crippen LogP contribution >= 0.6 is 11.6 Å². The van der Waals surface area contributed by atoms with E-state index in [1.54, 1.807) is 10.7 Å². The summed E-state index contributed by atoms with van der Waals surface area (Å²) in [6.07, 6.45) is 4.98. The highest BCUT2D eigenvalue weighted by Gasteiger charge is 2.15. The number of aryl methyl sites for hydroxylation is 3. The molecule has 0 bridgehead atoms. The molecule has 0 spiro atoms. The third-order valence-corrected chi connectivity index (χ3v) is 4.82. The van der Waals surface area contributed by atoms with Crippen molar-refractivity contribution in [3.05, 3.63) is 59.7 Å². The van der Waals surface area contributed by atoms with Crippen LogP contribution in [0.2, 0.25) is 5.15 Å². The highest BCUT2D eigenvalue weighted by atomic mass is 35.5. The molecule has 1 amide bonds. The van der Waals surface area contributed by atoms with Gasteiger partial charge >= 0.3 is 0 Å². The first-order valence-electron chi connectivity index (χ1n) is 9.08. The van der Waals surface area contributed by atoms with Gasteiger partial charge in [0.1, 0.15) is 0 Å². The average molecular weight is 423 g/mol. The highest BCUT2D eigenvalue weighted by Crippen LogP contribution is 2.29. The molecular weight excluding hydrogens is 404 g/mol. The third-order valence-electron chi connectivity index (χ3n) is 4.57. The van der Waals surface area contributed by atoms with E-state index >= 15 is 0 Å². The number of fused-ring (bicyclic) bond motifs is 1. The molecule has 0 aliphatic heterocycles. The van der Waals surface area contributed by atoms with Crippen LogP contribution in [0.5, 0.6) is 0 Å². The van der Waals surface area contributed by atoms with Crippen molar-refractivity contribution in [2.75, 3.05) is 10.6 Å². The Labute approximate surface area is 177 Å². The fourth-order valence-electron chi connectivity index (χ4n) is 3.19. The van der Waals surface area contributed by atoms with Crippen LogP contribution in [0.25, 0.3) is 16.7 Å². The van der Waals surface area contributed by atoms with Crippen LogP contribution in [-0.2, 0) is 11.8 Å². The van der Waals surface area contributed by atoms with Gasteiger partial charge in [-0.3, -0.25) is 14.0 Å². The summed E-state index contributed by atoms with van der Waals surface area (Å²) < 4.78 is 3.55. The molecule has 0 aliphatic rings. The predicted molar refractivity (Wildman–Crippen MR) is 116 cm³/mol. The van der Waals surface area contributed by atoms with E-state index < -0.39 is 0 Å². The van der Waals surface area contributed by atoms with Crippen LogP contribution in [0.1, 0.15) is 11.3 Å². The van der Waals surface area contributed by atoms with Crippen LogP contribution in [0.4, 0.5) is 17.3 Å². The number of carbonyl (C=O) groups is 1. The summed E-state index contributed by atoms with van der Waals surface area (Å²) in [6.45, 7) is 7.33. The smallest absolute Gasteiger partial charge is 0.249 e. The fourth-order valence-corrected chi connectivity index (χ4v) is 3.37. The molecule has 152 valence electrons. The summed E-state index contributed by atoms with van der Waals surface area (Å²) in [4.78, 5) is 16.2. The van der Waals surface area contributed by atoms with E-state index in [9.17, 15) is 4.79 Å².